The number of carbonyl (C=O) groups excluding carboxylic acids is 1. The zero-order valence-corrected chi connectivity index (χ0v) is 11.5. The van der Waals surface area contributed by atoms with Crippen LogP contribution in [0.15, 0.2) is 24.3 Å². The van der Waals surface area contributed by atoms with Crippen molar-refractivity contribution < 1.29 is 28.2 Å². The van der Waals surface area contributed by atoms with Gasteiger partial charge in [-0.1, -0.05) is 0 Å². The number of ether oxygens (including phenoxy) is 1. The Morgan fingerprint density at radius 2 is 2.05 bits per heavy atom. The lowest BCUT2D eigenvalue weighted by atomic mass is 10.3. The van der Waals surface area contributed by atoms with E-state index in [4.69, 9.17) is 5.11 Å². The van der Waals surface area contributed by atoms with Gasteiger partial charge in [0.1, 0.15) is 11.8 Å². The topological polar surface area (TPSA) is 78.9 Å². The zero-order chi connectivity index (χ0) is 15.4. The maximum Gasteiger partial charge on any atom is 0.387 e. The number of urea groups is 1. The second kappa shape index (κ2) is 6.61. The van der Waals surface area contributed by atoms with Gasteiger partial charge in [-0.15, -0.1) is 11.8 Å². The van der Waals surface area contributed by atoms with Gasteiger partial charge < -0.3 is 20.1 Å². The van der Waals surface area contributed by atoms with Gasteiger partial charge in [-0.05, 0) is 24.3 Å². The maximum absolute atomic E-state index is 12.0. The smallest absolute Gasteiger partial charge is 0.387 e. The highest BCUT2D eigenvalue weighted by Crippen LogP contribution is 2.23. The Morgan fingerprint density at radius 3 is 2.62 bits per heavy atom. The zero-order valence-electron chi connectivity index (χ0n) is 10.7. The minimum atomic E-state index is -2.91. The molecule has 21 heavy (non-hydrogen) atoms. The molecule has 6 nitrogen and oxygen atoms in total. The largest absolute Gasteiger partial charge is 0.480 e. The Kier molecular flexibility index (Phi) is 4.84. The van der Waals surface area contributed by atoms with Crippen molar-refractivity contribution in [1.29, 1.82) is 0 Å². The van der Waals surface area contributed by atoms with E-state index >= 15 is 0 Å². The van der Waals surface area contributed by atoms with Crippen LogP contribution >= 0.6 is 11.8 Å². The second-order valence-electron chi connectivity index (χ2n) is 4.16. The molecule has 2 rings (SSSR count). The molecule has 0 aliphatic carbocycles. The van der Waals surface area contributed by atoms with E-state index in [1.54, 1.807) is 0 Å². The first-order valence-electron chi connectivity index (χ1n) is 5.90. The van der Waals surface area contributed by atoms with Crippen LogP contribution in [0.1, 0.15) is 0 Å². The van der Waals surface area contributed by atoms with Crippen LogP contribution in [0.25, 0.3) is 0 Å². The quantitative estimate of drug-likeness (QED) is 0.890. The molecular formula is C12H12F2N2O4S. The number of carboxylic acid groups (broad SMARTS) is 1. The minimum absolute atomic E-state index is 0.0249. The van der Waals surface area contributed by atoms with E-state index < -0.39 is 24.7 Å². The van der Waals surface area contributed by atoms with Crippen LogP contribution in [0.4, 0.5) is 19.3 Å². The van der Waals surface area contributed by atoms with E-state index in [1.165, 1.54) is 40.9 Å². The number of benzene rings is 1. The van der Waals surface area contributed by atoms with E-state index in [1.807, 2.05) is 0 Å². The number of anilines is 1. The van der Waals surface area contributed by atoms with Crippen molar-refractivity contribution in [2.75, 3.05) is 16.9 Å². The number of carbonyl (C=O) groups is 2. The first-order chi connectivity index (χ1) is 9.97. The average Bonchev–Trinajstić information content (AvgIpc) is 2.90. The van der Waals surface area contributed by atoms with E-state index in [9.17, 15) is 18.4 Å². The van der Waals surface area contributed by atoms with Gasteiger partial charge in [0.05, 0.1) is 5.88 Å². The molecule has 1 saturated heterocycles. The summed E-state index contributed by atoms with van der Waals surface area (Å²) in [7, 11) is 0. The number of nitrogens with one attached hydrogen (secondary N) is 1. The number of halogens is 2. The molecule has 0 bridgehead atoms. The summed E-state index contributed by atoms with van der Waals surface area (Å²) in [5, 5.41) is 11.5. The summed E-state index contributed by atoms with van der Waals surface area (Å²) in [5.41, 5.74) is 0.364. The van der Waals surface area contributed by atoms with Gasteiger partial charge >= 0.3 is 18.6 Å². The van der Waals surface area contributed by atoms with Crippen LogP contribution in [0, 0.1) is 0 Å². The second-order valence-corrected chi connectivity index (χ2v) is 5.16. The number of rotatable bonds is 4. The molecule has 0 spiro atoms. The first-order valence-corrected chi connectivity index (χ1v) is 7.06. The highest BCUT2D eigenvalue weighted by atomic mass is 32.2. The molecule has 0 radical (unpaired) electrons. The molecule has 1 aliphatic rings. The van der Waals surface area contributed by atoms with Gasteiger partial charge in [-0.3, -0.25) is 0 Å². The average molecular weight is 318 g/mol. The monoisotopic (exact) mass is 318 g/mol. The summed E-state index contributed by atoms with van der Waals surface area (Å²) >= 11 is 1.35. The molecule has 0 aromatic heterocycles. The van der Waals surface area contributed by atoms with E-state index in [0.717, 1.165) is 0 Å². The molecular weight excluding hydrogens is 306 g/mol. The van der Waals surface area contributed by atoms with Crippen molar-refractivity contribution in [1.82, 2.24) is 4.90 Å². The van der Waals surface area contributed by atoms with Crippen molar-refractivity contribution in [3.63, 3.8) is 0 Å². The molecule has 1 aliphatic heterocycles. The van der Waals surface area contributed by atoms with E-state index in [-0.39, 0.29) is 11.6 Å². The third-order valence-corrected chi connectivity index (χ3v) is 3.77. The molecule has 2 N–H and O–H groups in total. The van der Waals surface area contributed by atoms with Crippen LogP contribution in [0.2, 0.25) is 0 Å². The van der Waals surface area contributed by atoms with Crippen LogP contribution in [0.5, 0.6) is 5.75 Å². The number of amides is 2. The molecule has 1 aromatic rings. The van der Waals surface area contributed by atoms with Crippen molar-refractivity contribution in [2.45, 2.75) is 12.7 Å². The Morgan fingerprint density at radius 1 is 1.38 bits per heavy atom. The lowest BCUT2D eigenvalue weighted by Crippen LogP contribution is -2.43. The Bertz CT molecular complexity index is 526. The van der Waals surface area contributed by atoms with Crippen LogP contribution in [-0.2, 0) is 4.79 Å². The maximum atomic E-state index is 12.0. The van der Waals surface area contributed by atoms with Gasteiger partial charge in [0.25, 0.3) is 0 Å². The fourth-order valence-electron chi connectivity index (χ4n) is 1.76. The molecule has 1 unspecified atom stereocenters. The lowest BCUT2D eigenvalue weighted by molar-refractivity contribution is -0.140. The third-order valence-electron chi connectivity index (χ3n) is 2.76. The Hall–Kier alpha value is -2.03. The van der Waals surface area contributed by atoms with Crippen molar-refractivity contribution in [2.24, 2.45) is 0 Å². The summed E-state index contributed by atoms with van der Waals surface area (Å²) in [4.78, 5) is 24.2. The predicted octanol–water partition coefficient (Wildman–Crippen LogP) is 2.28. The predicted molar refractivity (Wildman–Crippen MR) is 72.7 cm³/mol. The minimum Gasteiger partial charge on any atom is -0.480 e. The number of alkyl halides is 2. The molecule has 1 fully saturated rings. The summed E-state index contributed by atoms with van der Waals surface area (Å²) in [6.07, 6.45) is 0. The Balaban J connectivity index is 1.97. The van der Waals surface area contributed by atoms with E-state index in [0.29, 0.717) is 11.4 Å². The van der Waals surface area contributed by atoms with Gasteiger partial charge in [-0.2, -0.15) is 8.78 Å². The number of nitrogens with zero attached hydrogens (tertiary/aromatic N) is 1. The van der Waals surface area contributed by atoms with Gasteiger partial charge in [0, 0.05) is 11.4 Å². The van der Waals surface area contributed by atoms with Crippen LogP contribution in [-0.4, -0.2) is 46.3 Å². The number of carboxylic acids is 1. The molecule has 1 heterocycles. The van der Waals surface area contributed by atoms with Crippen LogP contribution in [0.3, 0.4) is 0 Å². The van der Waals surface area contributed by atoms with Crippen molar-refractivity contribution in [3.8, 4) is 5.75 Å². The fourth-order valence-corrected chi connectivity index (χ4v) is 2.91. The SMILES string of the molecule is O=C(O)C1CSCN1C(=O)Nc1ccc(OC(F)F)cc1. The number of hydrogen-bond acceptors (Lipinski definition) is 4. The fraction of sp³-hybridized carbons (Fsp3) is 0.333. The van der Waals surface area contributed by atoms with E-state index in [2.05, 4.69) is 10.1 Å². The van der Waals surface area contributed by atoms with Crippen LogP contribution < -0.4 is 10.1 Å². The molecule has 2 amide bonds. The van der Waals surface area contributed by atoms with Gasteiger partial charge in [0.2, 0.25) is 0 Å². The lowest BCUT2D eigenvalue weighted by Gasteiger charge is -2.20. The summed E-state index contributed by atoms with van der Waals surface area (Å²) in [6, 6.07) is 3.96. The van der Waals surface area contributed by atoms with Crippen molar-refractivity contribution in [3.05, 3.63) is 24.3 Å². The highest BCUT2D eigenvalue weighted by Gasteiger charge is 2.34. The molecule has 1 aromatic carbocycles. The molecule has 114 valence electrons. The molecule has 1 atom stereocenters. The normalized spacial score (nSPS) is 17.9. The number of hydrogen-bond donors (Lipinski definition) is 2. The summed E-state index contributed by atoms with van der Waals surface area (Å²) < 4.78 is 28.2. The summed E-state index contributed by atoms with van der Waals surface area (Å²) in [6.45, 7) is -2.91. The number of aliphatic carboxylic acids is 1. The molecule has 9 heteroatoms. The highest BCUT2D eigenvalue weighted by molar-refractivity contribution is 7.99. The van der Waals surface area contributed by atoms with Gasteiger partial charge in [0.15, 0.2) is 0 Å². The first kappa shape index (κ1) is 15.4. The summed E-state index contributed by atoms with van der Waals surface area (Å²) in [5.74, 6) is -0.460. The van der Waals surface area contributed by atoms with Gasteiger partial charge in [-0.25, -0.2) is 9.59 Å². The Labute approximate surface area is 123 Å². The standard InChI is InChI=1S/C12H12F2N2O4S/c13-11(14)20-8-3-1-7(2-4-8)15-12(19)16-6-21-5-9(16)10(17)18/h1-4,9,11H,5-6H2,(H,15,19)(H,17,18). The number of thioether (sulfide) groups is 1. The van der Waals surface area contributed by atoms with Crippen molar-refractivity contribution >= 4 is 29.4 Å². The molecule has 0 saturated carbocycles. The third kappa shape index (κ3) is 3.97.